The van der Waals surface area contributed by atoms with Gasteiger partial charge in [-0.1, -0.05) is 16.8 Å². The number of guanidine groups is 1. The summed E-state index contributed by atoms with van der Waals surface area (Å²) in [6.07, 6.45) is 0. The molecule has 0 atom stereocenters. The highest BCUT2D eigenvalue weighted by molar-refractivity contribution is 7.11. The van der Waals surface area contributed by atoms with Crippen LogP contribution in [0.15, 0.2) is 33.8 Å². The Kier molecular flexibility index (Phi) is 6.41. The van der Waals surface area contributed by atoms with Crippen molar-refractivity contribution in [3.63, 3.8) is 0 Å². The molecule has 2 N–H and O–H groups in total. The minimum absolute atomic E-state index is 0.284. The first-order valence-electron chi connectivity index (χ1n) is 8.58. The smallest absolute Gasteiger partial charge is 0.248 e. The molecule has 1 aromatic carbocycles. The highest BCUT2D eigenvalue weighted by Crippen LogP contribution is 2.19. The Morgan fingerprint density at radius 2 is 1.96 bits per heavy atom. The van der Waals surface area contributed by atoms with Gasteiger partial charge in [0.15, 0.2) is 5.96 Å². The molecule has 0 spiro atoms. The van der Waals surface area contributed by atoms with E-state index in [0.29, 0.717) is 29.2 Å². The maximum absolute atomic E-state index is 5.90. The van der Waals surface area contributed by atoms with Crippen molar-refractivity contribution >= 4 is 28.9 Å². The van der Waals surface area contributed by atoms with Crippen LogP contribution >= 0.6 is 22.9 Å². The second-order valence-electron chi connectivity index (χ2n) is 5.82. The van der Waals surface area contributed by atoms with Gasteiger partial charge in [0.05, 0.1) is 12.2 Å². The van der Waals surface area contributed by atoms with Gasteiger partial charge in [-0.05, 0) is 45.0 Å². The third-order valence-electron chi connectivity index (χ3n) is 3.77. The summed E-state index contributed by atoms with van der Waals surface area (Å²) in [6, 6.07) is 7.29. The summed E-state index contributed by atoms with van der Waals surface area (Å²) in [4.78, 5) is 14.6. The number of thiazole rings is 1. The van der Waals surface area contributed by atoms with Crippen LogP contribution in [-0.2, 0) is 13.1 Å². The van der Waals surface area contributed by atoms with E-state index in [0.717, 1.165) is 22.8 Å². The summed E-state index contributed by atoms with van der Waals surface area (Å²) < 4.78 is 5.29. The molecule has 3 aromatic rings. The summed E-state index contributed by atoms with van der Waals surface area (Å²) in [5.41, 5.74) is 1.91. The summed E-state index contributed by atoms with van der Waals surface area (Å²) >= 11 is 7.59. The Labute approximate surface area is 166 Å². The quantitative estimate of drug-likeness (QED) is 0.481. The fourth-order valence-corrected chi connectivity index (χ4v) is 3.30. The van der Waals surface area contributed by atoms with Crippen molar-refractivity contribution in [2.24, 2.45) is 4.99 Å². The molecule has 7 nitrogen and oxygen atoms in total. The molecule has 0 bridgehead atoms. The molecule has 27 heavy (non-hydrogen) atoms. The standard InChI is InChI=1S/C18H21ClN6OS/c1-4-20-18(22-10-16-23-11(2)12(3)27-16)21-9-15-24-17(25-26-15)13-5-7-14(19)8-6-13/h5-8H,4,9-10H2,1-3H3,(H2,20,21,22). The molecule has 0 radical (unpaired) electrons. The third kappa shape index (κ3) is 5.27. The molecule has 0 fully saturated rings. The van der Waals surface area contributed by atoms with Crippen LogP contribution < -0.4 is 10.6 Å². The first-order chi connectivity index (χ1) is 13.0. The van der Waals surface area contributed by atoms with E-state index in [4.69, 9.17) is 16.1 Å². The molecule has 0 unspecified atom stereocenters. The summed E-state index contributed by atoms with van der Waals surface area (Å²) in [5, 5.41) is 12.2. The molecule has 9 heteroatoms. The van der Waals surface area contributed by atoms with Crippen LogP contribution in [0.4, 0.5) is 0 Å². The van der Waals surface area contributed by atoms with Gasteiger partial charge in [-0.3, -0.25) is 0 Å². The lowest BCUT2D eigenvalue weighted by Gasteiger charge is -2.09. The zero-order chi connectivity index (χ0) is 19.2. The number of rotatable bonds is 6. The second kappa shape index (κ2) is 8.96. The molecule has 3 rings (SSSR count). The van der Waals surface area contributed by atoms with E-state index >= 15 is 0 Å². The van der Waals surface area contributed by atoms with Gasteiger partial charge in [0.1, 0.15) is 11.6 Å². The molecule has 142 valence electrons. The van der Waals surface area contributed by atoms with Crippen LogP contribution in [0.2, 0.25) is 5.02 Å². The van der Waals surface area contributed by atoms with Crippen molar-refractivity contribution < 1.29 is 4.52 Å². The van der Waals surface area contributed by atoms with E-state index in [9.17, 15) is 0 Å². The van der Waals surface area contributed by atoms with Gasteiger partial charge < -0.3 is 15.2 Å². The summed E-state index contributed by atoms with van der Waals surface area (Å²) in [5.74, 6) is 1.64. The van der Waals surface area contributed by atoms with Gasteiger partial charge in [-0.2, -0.15) is 4.98 Å². The number of hydrogen-bond donors (Lipinski definition) is 2. The monoisotopic (exact) mass is 404 g/mol. The second-order valence-corrected chi connectivity index (χ2v) is 7.54. The lowest BCUT2D eigenvalue weighted by atomic mass is 10.2. The normalized spacial score (nSPS) is 11.6. The Balaban J connectivity index is 1.63. The number of hydrogen-bond acceptors (Lipinski definition) is 6. The minimum atomic E-state index is 0.284. The summed E-state index contributed by atoms with van der Waals surface area (Å²) in [7, 11) is 0. The van der Waals surface area contributed by atoms with Crippen LogP contribution in [0.25, 0.3) is 11.4 Å². The van der Waals surface area contributed by atoms with E-state index in [1.807, 2.05) is 26.0 Å². The van der Waals surface area contributed by atoms with Crippen molar-refractivity contribution in [2.45, 2.75) is 33.9 Å². The van der Waals surface area contributed by atoms with Crippen LogP contribution in [-0.4, -0.2) is 27.6 Å². The minimum Gasteiger partial charge on any atom is -0.357 e. The Bertz CT molecular complexity index is 899. The van der Waals surface area contributed by atoms with E-state index < -0.39 is 0 Å². The van der Waals surface area contributed by atoms with Gasteiger partial charge in [-0.25, -0.2) is 9.98 Å². The molecular weight excluding hydrogens is 384 g/mol. The number of nitrogens with one attached hydrogen (secondary N) is 2. The van der Waals surface area contributed by atoms with Crippen LogP contribution in [0.3, 0.4) is 0 Å². The van der Waals surface area contributed by atoms with E-state index in [2.05, 4.69) is 37.7 Å². The van der Waals surface area contributed by atoms with Crippen molar-refractivity contribution in [1.82, 2.24) is 25.8 Å². The van der Waals surface area contributed by atoms with Crippen molar-refractivity contribution in [2.75, 3.05) is 6.54 Å². The molecule has 0 aliphatic carbocycles. The lowest BCUT2D eigenvalue weighted by Crippen LogP contribution is -2.36. The Morgan fingerprint density at radius 1 is 1.19 bits per heavy atom. The molecule has 0 saturated carbocycles. The zero-order valence-corrected chi connectivity index (χ0v) is 17.0. The lowest BCUT2D eigenvalue weighted by molar-refractivity contribution is 0.380. The number of halogens is 1. The SMILES string of the molecule is CCNC(=NCc1nc(-c2ccc(Cl)cc2)no1)NCc1nc(C)c(C)s1. The van der Waals surface area contributed by atoms with Crippen LogP contribution in [0, 0.1) is 13.8 Å². The number of nitrogens with zero attached hydrogens (tertiary/aromatic N) is 4. The molecular formula is C18H21ClN6OS. The predicted octanol–water partition coefficient (Wildman–Crippen LogP) is 3.72. The van der Waals surface area contributed by atoms with Crippen molar-refractivity contribution in [3.05, 3.63) is 50.8 Å². The van der Waals surface area contributed by atoms with Gasteiger partial charge in [-0.15, -0.1) is 11.3 Å². The average Bonchev–Trinajstić information content (AvgIpc) is 3.25. The molecule has 0 aliphatic heterocycles. The van der Waals surface area contributed by atoms with Gasteiger partial charge in [0.2, 0.25) is 11.7 Å². The Hall–Kier alpha value is -2.45. The van der Waals surface area contributed by atoms with Crippen molar-refractivity contribution in [3.8, 4) is 11.4 Å². The fraction of sp³-hybridized carbons (Fsp3) is 0.333. The average molecular weight is 405 g/mol. The first kappa shape index (κ1) is 19.3. The maximum atomic E-state index is 5.90. The van der Waals surface area contributed by atoms with Crippen LogP contribution in [0.5, 0.6) is 0 Å². The third-order valence-corrected chi connectivity index (χ3v) is 5.09. The molecule has 2 heterocycles. The molecule has 0 saturated heterocycles. The first-order valence-corrected chi connectivity index (χ1v) is 9.78. The molecule has 0 aliphatic rings. The maximum Gasteiger partial charge on any atom is 0.248 e. The Morgan fingerprint density at radius 3 is 2.63 bits per heavy atom. The van der Waals surface area contributed by atoms with Crippen molar-refractivity contribution in [1.29, 1.82) is 0 Å². The van der Waals surface area contributed by atoms with Gasteiger partial charge in [0, 0.05) is 22.0 Å². The number of benzene rings is 1. The number of aliphatic imine (C=N–C) groups is 1. The van der Waals surface area contributed by atoms with Crippen LogP contribution in [0.1, 0.15) is 28.4 Å². The van der Waals surface area contributed by atoms with E-state index in [1.165, 1.54) is 4.88 Å². The number of aryl methyl sites for hydroxylation is 2. The van der Waals surface area contributed by atoms with Gasteiger partial charge in [0.25, 0.3) is 0 Å². The highest BCUT2D eigenvalue weighted by Gasteiger charge is 2.09. The van der Waals surface area contributed by atoms with E-state index in [-0.39, 0.29) is 6.54 Å². The zero-order valence-electron chi connectivity index (χ0n) is 15.4. The highest BCUT2D eigenvalue weighted by atomic mass is 35.5. The van der Waals surface area contributed by atoms with E-state index in [1.54, 1.807) is 23.5 Å². The largest absolute Gasteiger partial charge is 0.357 e. The predicted molar refractivity (Wildman–Crippen MR) is 108 cm³/mol. The molecule has 2 aromatic heterocycles. The number of aromatic nitrogens is 3. The fourth-order valence-electron chi connectivity index (χ4n) is 2.30. The van der Waals surface area contributed by atoms with Gasteiger partial charge >= 0.3 is 0 Å². The molecule has 0 amide bonds. The topological polar surface area (TPSA) is 88.2 Å². The summed E-state index contributed by atoms with van der Waals surface area (Å²) in [6.45, 7) is 7.75.